The van der Waals surface area contributed by atoms with Gasteiger partial charge in [-0.1, -0.05) is 27.7 Å². The molecule has 0 spiro atoms. The van der Waals surface area contributed by atoms with Gasteiger partial charge in [-0.3, -0.25) is 19.7 Å². The fraction of sp³-hybridized carbons (Fsp3) is 0.375. The van der Waals surface area contributed by atoms with E-state index < -0.39 is 4.92 Å². The molecule has 0 bridgehead atoms. The smallest absolute Gasteiger partial charge is 0.270 e. The molecular formula is C16H17NO4S2. The van der Waals surface area contributed by atoms with Crippen molar-refractivity contribution in [1.29, 1.82) is 0 Å². The van der Waals surface area contributed by atoms with E-state index in [4.69, 9.17) is 0 Å². The SMILES string of the molecule is CC(C)SC1=C(SC(C)C)C(=O)c2cc([N+](=O)[O-])ccc2C1=O. The van der Waals surface area contributed by atoms with Crippen LogP contribution in [0.15, 0.2) is 28.0 Å². The molecule has 7 heteroatoms. The van der Waals surface area contributed by atoms with E-state index in [1.54, 1.807) is 0 Å². The molecule has 0 heterocycles. The number of ketones is 2. The molecular weight excluding hydrogens is 334 g/mol. The second kappa shape index (κ2) is 6.88. The average molecular weight is 351 g/mol. The molecule has 0 unspecified atom stereocenters. The van der Waals surface area contributed by atoms with Gasteiger partial charge < -0.3 is 0 Å². The number of hydrogen-bond donors (Lipinski definition) is 0. The van der Waals surface area contributed by atoms with Crippen molar-refractivity contribution < 1.29 is 14.5 Å². The van der Waals surface area contributed by atoms with Crippen molar-refractivity contribution in [3.63, 3.8) is 0 Å². The molecule has 1 aliphatic rings. The normalized spacial score (nSPS) is 14.7. The fourth-order valence-corrected chi connectivity index (χ4v) is 4.23. The van der Waals surface area contributed by atoms with Crippen molar-refractivity contribution in [2.45, 2.75) is 38.2 Å². The summed E-state index contributed by atoms with van der Waals surface area (Å²) in [6.45, 7) is 7.79. The van der Waals surface area contributed by atoms with Crippen LogP contribution in [0.2, 0.25) is 0 Å². The van der Waals surface area contributed by atoms with Crippen LogP contribution in [0.25, 0.3) is 0 Å². The number of carbonyl (C=O) groups is 2. The maximum absolute atomic E-state index is 12.8. The van der Waals surface area contributed by atoms with Gasteiger partial charge in [0.25, 0.3) is 5.69 Å². The molecule has 2 rings (SSSR count). The summed E-state index contributed by atoms with van der Waals surface area (Å²) < 4.78 is 0. The van der Waals surface area contributed by atoms with E-state index in [-0.39, 0.29) is 38.9 Å². The molecule has 1 aliphatic carbocycles. The third-order valence-corrected chi connectivity index (χ3v) is 5.35. The number of nitro benzene ring substituents is 1. The number of fused-ring (bicyclic) bond motifs is 1. The lowest BCUT2D eigenvalue weighted by Crippen LogP contribution is -2.21. The topological polar surface area (TPSA) is 77.3 Å². The van der Waals surface area contributed by atoms with Gasteiger partial charge >= 0.3 is 0 Å². The molecule has 0 saturated heterocycles. The Hall–Kier alpha value is -1.60. The predicted molar refractivity (Wildman–Crippen MR) is 94.2 cm³/mol. The average Bonchev–Trinajstić information content (AvgIpc) is 2.47. The summed E-state index contributed by atoms with van der Waals surface area (Å²) in [7, 11) is 0. The van der Waals surface area contributed by atoms with Crippen LogP contribution in [0.1, 0.15) is 48.4 Å². The summed E-state index contributed by atoms with van der Waals surface area (Å²) in [6, 6.07) is 3.85. The van der Waals surface area contributed by atoms with Crippen LogP contribution in [0.4, 0.5) is 5.69 Å². The molecule has 1 aromatic rings. The molecule has 0 radical (unpaired) electrons. The zero-order chi connectivity index (χ0) is 17.3. The maximum Gasteiger partial charge on any atom is 0.270 e. The first kappa shape index (κ1) is 17.7. The van der Waals surface area contributed by atoms with Gasteiger partial charge in [-0.05, 0) is 6.07 Å². The van der Waals surface area contributed by atoms with Gasteiger partial charge in [0.1, 0.15) is 0 Å². The molecule has 0 N–H and O–H groups in total. The van der Waals surface area contributed by atoms with Gasteiger partial charge in [0, 0.05) is 33.8 Å². The quantitative estimate of drug-likeness (QED) is 0.575. The Morgan fingerprint density at radius 2 is 1.39 bits per heavy atom. The van der Waals surface area contributed by atoms with E-state index in [9.17, 15) is 19.7 Å². The van der Waals surface area contributed by atoms with E-state index >= 15 is 0 Å². The van der Waals surface area contributed by atoms with Crippen LogP contribution in [0.5, 0.6) is 0 Å². The van der Waals surface area contributed by atoms with Crippen LogP contribution in [-0.2, 0) is 0 Å². The first-order valence-electron chi connectivity index (χ1n) is 7.17. The lowest BCUT2D eigenvalue weighted by atomic mass is 9.94. The Morgan fingerprint density at radius 1 is 0.913 bits per heavy atom. The first-order valence-corrected chi connectivity index (χ1v) is 8.93. The number of nitro groups is 1. The molecule has 1 aromatic carbocycles. The van der Waals surface area contributed by atoms with E-state index in [0.717, 1.165) is 0 Å². The zero-order valence-electron chi connectivity index (χ0n) is 13.3. The number of non-ortho nitro benzene ring substituents is 1. The van der Waals surface area contributed by atoms with Gasteiger partial charge in [-0.15, -0.1) is 23.5 Å². The minimum absolute atomic E-state index is 0.125. The minimum atomic E-state index is -0.560. The number of carbonyl (C=O) groups excluding carboxylic acids is 2. The van der Waals surface area contributed by atoms with Crippen LogP contribution in [0, 0.1) is 10.1 Å². The summed E-state index contributed by atoms with van der Waals surface area (Å²) in [6.07, 6.45) is 0. The highest BCUT2D eigenvalue weighted by molar-refractivity contribution is 8.08. The number of hydrogen-bond acceptors (Lipinski definition) is 6. The monoisotopic (exact) mass is 351 g/mol. The standard InChI is InChI=1S/C16H17NO4S2/c1-8(2)22-15-13(18)11-6-5-10(17(20)21)7-12(11)14(19)16(15)23-9(3)4/h5-9H,1-4H3. The zero-order valence-corrected chi connectivity index (χ0v) is 14.9. The van der Waals surface area contributed by atoms with Crippen molar-refractivity contribution in [2.75, 3.05) is 0 Å². The van der Waals surface area contributed by atoms with E-state index in [2.05, 4.69) is 0 Å². The molecule has 5 nitrogen and oxygen atoms in total. The summed E-state index contributed by atoms with van der Waals surface area (Å²) in [5.74, 6) is -0.526. The van der Waals surface area contributed by atoms with Crippen molar-refractivity contribution in [2.24, 2.45) is 0 Å². The summed E-state index contributed by atoms with van der Waals surface area (Å²) in [5, 5.41) is 11.2. The van der Waals surface area contributed by atoms with Gasteiger partial charge in [-0.2, -0.15) is 0 Å². The Kier molecular flexibility index (Phi) is 5.31. The first-order chi connectivity index (χ1) is 10.7. The third kappa shape index (κ3) is 3.67. The van der Waals surface area contributed by atoms with E-state index in [1.165, 1.54) is 41.7 Å². The Labute approximate surface area is 143 Å². The molecule has 122 valence electrons. The second-order valence-corrected chi connectivity index (χ2v) is 8.81. The molecule has 0 atom stereocenters. The Bertz CT molecular complexity index is 723. The summed E-state index contributed by atoms with van der Waals surface area (Å²) in [4.78, 5) is 36.8. The maximum atomic E-state index is 12.8. The second-order valence-electron chi connectivity index (χ2n) is 5.64. The van der Waals surface area contributed by atoms with Crippen LogP contribution in [0.3, 0.4) is 0 Å². The number of benzene rings is 1. The molecule has 23 heavy (non-hydrogen) atoms. The van der Waals surface area contributed by atoms with E-state index in [1.807, 2.05) is 27.7 Å². The van der Waals surface area contributed by atoms with Crippen molar-refractivity contribution in [1.82, 2.24) is 0 Å². The predicted octanol–water partition coefficient (Wildman–Crippen LogP) is 4.47. The number of nitrogens with zero attached hydrogens (tertiary/aromatic N) is 1. The Morgan fingerprint density at radius 3 is 1.83 bits per heavy atom. The lowest BCUT2D eigenvalue weighted by molar-refractivity contribution is -0.384. The van der Waals surface area contributed by atoms with Crippen molar-refractivity contribution >= 4 is 40.8 Å². The third-order valence-electron chi connectivity index (χ3n) is 3.03. The highest BCUT2D eigenvalue weighted by Crippen LogP contribution is 2.41. The molecule has 0 aromatic heterocycles. The van der Waals surface area contributed by atoms with Crippen LogP contribution < -0.4 is 0 Å². The number of rotatable bonds is 5. The molecule has 0 saturated carbocycles. The van der Waals surface area contributed by atoms with Gasteiger partial charge in [0.2, 0.25) is 11.6 Å². The highest BCUT2D eigenvalue weighted by Gasteiger charge is 2.34. The van der Waals surface area contributed by atoms with Crippen LogP contribution >= 0.6 is 23.5 Å². The van der Waals surface area contributed by atoms with Gasteiger partial charge in [0.05, 0.1) is 14.7 Å². The largest absolute Gasteiger partial charge is 0.288 e. The molecule has 0 amide bonds. The highest BCUT2D eigenvalue weighted by atomic mass is 32.2. The Balaban J connectivity index is 2.60. The van der Waals surface area contributed by atoms with Gasteiger partial charge in [-0.25, -0.2) is 0 Å². The van der Waals surface area contributed by atoms with Crippen molar-refractivity contribution in [3.8, 4) is 0 Å². The lowest BCUT2D eigenvalue weighted by Gasteiger charge is -2.22. The van der Waals surface area contributed by atoms with E-state index in [0.29, 0.717) is 9.81 Å². The minimum Gasteiger partial charge on any atom is -0.288 e. The number of thioether (sulfide) groups is 2. The molecule has 0 fully saturated rings. The number of allylic oxidation sites excluding steroid dienone is 2. The fourth-order valence-electron chi connectivity index (χ4n) is 2.17. The van der Waals surface area contributed by atoms with Crippen LogP contribution in [-0.4, -0.2) is 27.0 Å². The summed E-state index contributed by atoms with van der Waals surface area (Å²) in [5.41, 5.74) is 0.191. The number of Topliss-reactive ketones (excluding diaryl/α,β-unsaturated/α-hetero) is 2. The van der Waals surface area contributed by atoms with Crippen molar-refractivity contribution in [3.05, 3.63) is 49.3 Å². The van der Waals surface area contributed by atoms with Gasteiger partial charge in [0.15, 0.2) is 0 Å². The molecule has 0 aliphatic heterocycles. The summed E-state index contributed by atoms with van der Waals surface area (Å²) >= 11 is 2.70.